The molecule has 0 aromatic heterocycles. The molecule has 1 aromatic carbocycles. The van der Waals surface area contributed by atoms with Crippen molar-refractivity contribution in [3.63, 3.8) is 0 Å². The van der Waals surface area contributed by atoms with E-state index in [1.54, 1.807) is 13.0 Å². The van der Waals surface area contributed by atoms with Crippen molar-refractivity contribution < 1.29 is 19.8 Å². The van der Waals surface area contributed by atoms with Gasteiger partial charge in [-0.3, -0.25) is 9.59 Å². The molecule has 0 saturated heterocycles. The van der Waals surface area contributed by atoms with Crippen molar-refractivity contribution in [3.05, 3.63) is 35.0 Å². The Bertz CT molecular complexity index is 695. The zero-order chi connectivity index (χ0) is 15.5. The molecule has 4 atom stereocenters. The number of aliphatic hydroxyl groups is 1. The van der Waals surface area contributed by atoms with Crippen LogP contribution in [0, 0.1) is 17.8 Å². The van der Waals surface area contributed by atoms with Crippen molar-refractivity contribution in [3.8, 4) is 5.75 Å². The summed E-state index contributed by atoms with van der Waals surface area (Å²) in [7, 11) is 0. The summed E-state index contributed by atoms with van der Waals surface area (Å²) in [4.78, 5) is 25.3. The van der Waals surface area contributed by atoms with Gasteiger partial charge in [-0.25, -0.2) is 0 Å². The molecule has 0 fully saturated rings. The number of rotatable bonds is 0. The van der Waals surface area contributed by atoms with Gasteiger partial charge in [0.25, 0.3) is 0 Å². The Labute approximate surface area is 121 Å². The minimum Gasteiger partial charge on any atom is -0.507 e. The molecule has 6 heteroatoms. The maximum absolute atomic E-state index is 12.7. The van der Waals surface area contributed by atoms with Crippen LogP contribution >= 0.6 is 0 Å². The lowest BCUT2D eigenvalue weighted by molar-refractivity contribution is 0.0310. The molecule has 2 aliphatic carbocycles. The first-order valence-electron chi connectivity index (χ1n) is 6.69. The Balaban J connectivity index is 2.28. The number of benzene rings is 1. The Morgan fingerprint density at radius 2 is 1.76 bits per heavy atom. The summed E-state index contributed by atoms with van der Waals surface area (Å²) in [5.41, 5.74) is 12.0. The van der Waals surface area contributed by atoms with Crippen molar-refractivity contribution in [1.82, 2.24) is 0 Å². The maximum Gasteiger partial charge on any atom is 0.177 e. The van der Waals surface area contributed by atoms with E-state index in [4.69, 9.17) is 11.5 Å². The van der Waals surface area contributed by atoms with Gasteiger partial charge < -0.3 is 21.7 Å². The van der Waals surface area contributed by atoms with E-state index < -0.39 is 29.5 Å². The first kappa shape index (κ1) is 13.6. The monoisotopic (exact) mass is 288 g/mol. The average Bonchev–Trinajstić information content (AvgIpc) is 2.42. The van der Waals surface area contributed by atoms with E-state index in [2.05, 4.69) is 0 Å². The number of nitrogens with two attached hydrogens (primary N) is 2. The summed E-state index contributed by atoms with van der Waals surface area (Å²) >= 11 is 0. The molecule has 2 aliphatic rings. The summed E-state index contributed by atoms with van der Waals surface area (Å²) in [6, 6.07) is 2.65. The van der Waals surface area contributed by atoms with E-state index in [-0.39, 0.29) is 34.2 Å². The highest BCUT2D eigenvalue weighted by Crippen LogP contribution is 2.44. The number of carbonyl (C=O) groups is 2. The molecule has 0 heterocycles. The number of aromatic hydroxyl groups is 1. The largest absolute Gasteiger partial charge is 0.507 e. The fourth-order valence-electron chi connectivity index (χ4n) is 3.30. The van der Waals surface area contributed by atoms with Crippen molar-refractivity contribution in [1.29, 1.82) is 0 Å². The Kier molecular flexibility index (Phi) is 2.81. The predicted octanol–water partition coefficient (Wildman–Crippen LogP) is 0.439. The van der Waals surface area contributed by atoms with E-state index >= 15 is 0 Å². The molecule has 0 saturated carbocycles. The van der Waals surface area contributed by atoms with Crippen molar-refractivity contribution in [2.24, 2.45) is 23.5 Å². The van der Waals surface area contributed by atoms with Gasteiger partial charge in [-0.05, 0) is 12.1 Å². The standard InChI is InChI=1S/C15H16N2O4/c1-5-4-7(17)10-12(13(5)19)15(21)9-6(16)2-3-8(18)11(9)14(10)20/h2-5,10,12-13,18-19H,16-17H2,1H3. The van der Waals surface area contributed by atoms with Gasteiger partial charge >= 0.3 is 0 Å². The second kappa shape index (κ2) is 4.33. The number of Topliss-reactive ketones (excluding diaryl/α,β-unsaturated/α-hetero) is 2. The Morgan fingerprint density at radius 1 is 1.10 bits per heavy atom. The van der Waals surface area contributed by atoms with Gasteiger partial charge in [0.2, 0.25) is 0 Å². The number of allylic oxidation sites excluding steroid dienone is 1. The van der Waals surface area contributed by atoms with E-state index in [9.17, 15) is 19.8 Å². The summed E-state index contributed by atoms with van der Waals surface area (Å²) in [6.45, 7) is 1.73. The van der Waals surface area contributed by atoms with Gasteiger partial charge in [0.05, 0.1) is 29.1 Å². The number of carbonyl (C=O) groups excluding carboxylic acids is 2. The molecule has 21 heavy (non-hydrogen) atoms. The molecular formula is C15H16N2O4. The van der Waals surface area contributed by atoms with Crippen LogP contribution < -0.4 is 11.5 Å². The highest BCUT2D eigenvalue weighted by Gasteiger charge is 2.51. The lowest BCUT2D eigenvalue weighted by Crippen LogP contribution is -2.50. The second-order valence-electron chi connectivity index (χ2n) is 5.67. The molecule has 0 spiro atoms. The van der Waals surface area contributed by atoms with Gasteiger partial charge in [0.15, 0.2) is 11.6 Å². The van der Waals surface area contributed by atoms with Crippen LogP contribution in [0.1, 0.15) is 27.6 Å². The highest BCUT2D eigenvalue weighted by molar-refractivity contribution is 6.20. The summed E-state index contributed by atoms with van der Waals surface area (Å²) < 4.78 is 0. The first-order valence-corrected chi connectivity index (χ1v) is 6.69. The van der Waals surface area contributed by atoms with Gasteiger partial charge in [-0.2, -0.15) is 0 Å². The van der Waals surface area contributed by atoms with Crippen molar-refractivity contribution in [2.45, 2.75) is 13.0 Å². The molecule has 3 rings (SSSR count). The third-order valence-electron chi connectivity index (χ3n) is 4.37. The van der Waals surface area contributed by atoms with E-state index in [1.807, 2.05) is 0 Å². The predicted molar refractivity (Wildman–Crippen MR) is 75.6 cm³/mol. The summed E-state index contributed by atoms with van der Waals surface area (Å²) in [5, 5.41) is 20.2. The van der Waals surface area contributed by atoms with Gasteiger partial charge in [-0.1, -0.05) is 13.0 Å². The number of aliphatic hydroxyl groups excluding tert-OH is 1. The van der Waals surface area contributed by atoms with Gasteiger partial charge in [0, 0.05) is 17.3 Å². The van der Waals surface area contributed by atoms with Crippen LogP contribution in [-0.2, 0) is 0 Å². The number of ketones is 2. The Morgan fingerprint density at radius 3 is 2.43 bits per heavy atom. The van der Waals surface area contributed by atoms with Crippen LogP contribution in [0.3, 0.4) is 0 Å². The lowest BCUT2D eigenvalue weighted by Gasteiger charge is -2.39. The van der Waals surface area contributed by atoms with Gasteiger partial charge in [0.1, 0.15) is 5.75 Å². The summed E-state index contributed by atoms with van der Waals surface area (Å²) in [6.07, 6.45) is 0.583. The van der Waals surface area contributed by atoms with Crippen LogP contribution in [0.15, 0.2) is 23.9 Å². The SMILES string of the molecule is CC1C=C(N)C2C(=O)c3c(O)ccc(N)c3C(=O)C2C1O. The molecule has 4 unspecified atom stereocenters. The second-order valence-corrected chi connectivity index (χ2v) is 5.67. The quantitative estimate of drug-likeness (QED) is 0.405. The third kappa shape index (κ3) is 1.69. The van der Waals surface area contributed by atoms with Crippen LogP contribution in [0.4, 0.5) is 5.69 Å². The number of phenolic OH excluding ortho intramolecular Hbond substituents is 1. The molecular weight excluding hydrogens is 272 g/mol. The number of hydrogen-bond acceptors (Lipinski definition) is 6. The van der Waals surface area contributed by atoms with Gasteiger partial charge in [-0.15, -0.1) is 0 Å². The van der Waals surface area contributed by atoms with Crippen molar-refractivity contribution in [2.75, 3.05) is 5.73 Å². The van der Waals surface area contributed by atoms with Crippen LogP contribution in [-0.4, -0.2) is 27.9 Å². The van der Waals surface area contributed by atoms with E-state index in [0.717, 1.165) is 0 Å². The minimum absolute atomic E-state index is 0.0119. The van der Waals surface area contributed by atoms with E-state index in [1.165, 1.54) is 12.1 Å². The van der Waals surface area contributed by atoms with Crippen LogP contribution in [0.25, 0.3) is 0 Å². The zero-order valence-corrected chi connectivity index (χ0v) is 11.4. The molecule has 0 bridgehead atoms. The number of fused-ring (bicyclic) bond motifs is 2. The molecule has 0 radical (unpaired) electrons. The number of anilines is 1. The summed E-state index contributed by atoms with van der Waals surface area (Å²) in [5.74, 6) is -3.43. The zero-order valence-electron chi connectivity index (χ0n) is 11.4. The number of hydrogen-bond donors (Lipinski definition) is 4. The first-order chi connectivity index (χ1) is 9.84. The third-order valence-corrected chi connectivity index (χ3v) is 4.37. The average molecular weight is 288 g/mol. The van der Waals surface area contributed by atoms with E-state index in [0.29, 0.717) is 0 Å². The fourth-order valence-corrected chi connectivity index (χ4v) is 3.30. The number of phenols is 1. The lowest BCUT2D eigenvalue weighted by atomic mass is 9.65. The fraction of sp³-hybridized carbons (Fsp3) is 0.333. The molecule has 1 aromatic rings. The topological polar surface area (TPSA) is 127 Å². The molecule has 6 N–H and O–H groups in total. The molecule has 0 aliphatic heterocycles. The molecule has 110 valence electrons. The smallest absolute Gasteiger partial charge is 0.177 e. The number of nitrogen functional groups attached to an aromatic ring is 1. The molecule has 0 amide bonds. The van der Waals surface area contributed by atoms with Crippen LogP contribution in [0.5, 0.6) is 5.75 Å². The minimum atomic E-state index is -1.01. The van der Waals surface area contributed by atoms with Crippen LogP contribution in [0.2, 0.25) is 0 Å². The molecule has 6 nitrogen and oxygen atoms in total. The van der Waals surface area contributed by atoms with Crippen molar-refractivity contribution >= 4 is 17.3 Å². The Hall–Kier alpha value is -2.34. The normalized spacial score (nSPS) is 31.4. The highest BCUT2D eigenvalue weighted by atomic mass is 16.3. The maximum atomic E-state index is 12.7.